The third kappa shape index (κ3) is 3.75. The van der Waals surface area contributed by atoms with E-state index in [4.69, 9.17) is 5.41 Å². The van der Waals surface area contributed by atoms with Gasteiger partial charge in [-0.05, 0) is 22.8 Å². The zero-order chi connectivity index (χ0) is 17.6. The van der Waals surface area contributed by atoms with E-state index >= 15 is 0 Å². The minimum atomic E-state index is -1.01. The van der Waals surface area contributed by atoms with Gasteiger partial charge in [0.1, 0.15) is 0 Å². The van der Waals surface area contributed by atoms with Gasteiger partial charge in [-0.15, -0.1) is 0 Å². The van der Waals surface area contributed by atoms with Crippen molar-refractivity contribution in [2.24, 2.45) is 0 Å². The zero-order valence-electron chi connectivity index (χ0n) is 13.6. The van der Waals surface area contributed by atoms with E-state index in [0.717, 1.165) is 22.9 Å². The topological polar surface area (TPSA) is 73.2 Å². The van der Waals surface area contributed by atoms with Gasteiger partial charge in [0, 0.05) is 18.3 Å². The maximum Gasteiger partial charge on any atom is 0.337 e. The lowest BCUT2D eigenvalue weighted by Gasteiger charge is -2.13. The molecule has 0 radical (unpaired) electrons. The van der Waals surface area contributed by atoms with Crippen LogP contribution >= 0.6 is 0 Å². The van der Waals surface area contributed by atoms with E-state index in [1.807, 2.05) is 42.5 Å². The molecule has 0 saturated heterocycles. The van der Waals surface area contributed by atoms with Crippen LogP contribution in [0.5, 0.6) is 0 Å². The molecule has 0 atom stereocenters. The van der Waals surface area contributed by atoms with Crippen LogP contribution in [0, 0.1) is 5.41 Å². The molecule has 4 heteroatoms. The lowest BCUT2D eigenvalue weighted by Crippen LogP contribution is -2.09. The molecule has 0 unspecified atom stereocenters. The lowest BCUT2D eigenvalue weighted by atomic mass is 10.0. The van der Waals surface area contributed by atoms with Crippen LogP contribution in [0.4, 0.5) is 5.69 Å². The number of aromatic carboxylic acids is 1. The number of rotatable bonds is 6. The van der Waals surface area contributed by atoms with Crippen molar-refractivity contribution in [2.75, 3.05) is 5.32 Å². The van der Waals surface area contributed by atoms with Crippen molar-refractivity contribution < 1.29 is 9.90 Å². The molecule has 0 saturated carbocycles. The average Bonchev–Trinajstić information content (AvgIpc) is 2.67. The quantitative estimate of drug-likeness (QED) is 0.575. The van der Waals surface area contributed by atoms with E-state index in [-0.39, 0.29) is 5.56 Å². The molecule has 3 aromatic carbocycles. The molecule has 0 aliphatic heterocycles. The first-order chi connectivity index (χ1) is 12.2. The van der Waals surface area contributed by atoms with Crippen LogP contribution in [0.2, 0.25) is 0 Å². The Bertz CT molecular complexity index is 888. The second-order valence-electron chi connectivity index (χ2n) is 5.64. The molecule has 0 spiro atoms. The van der Waals surface area contributed by atoms with E-state index in [1.165, 1.54) is 6.07 Å². The third-order valence-electron chi connectivity index (χ3n) is 4.01. The maximum atomic E-state index is 11.4. The number of anilines is 1. The Labute approximate surface area is 146 Å². The van der Waals surface area contributed by atoms with Crippen molar-refractivity contribution in [2.45, 2.75) is 6.54 Å². The Hall–Kier alpha value is -3.40. The molecule has 3 aromatic rings. The highest BCUT2D eigenvalue weighted by Gasteiger charge is 2.12. The highest BCUT2D eigenvalue weighted by Crippen LogP contribution is 2.22. The smallest absolute Gasteiger partial charge is 0.337 e. The summed E-state index contributed by atoms with van der Waals surface area (Å²) >= 11 is 0. The van der Waals surface area contributed by atoms with Crippen LogP contribution in [0.15, 0.2) is 72.8 Å². The second kappa shape index (κ2) is 7.45. The van der Waals surface area contributed by atoms with Crippen molar-refractivity contribution in [1.29, 1.82) is 5.41 Å². The second-order valence-corrected chi connectivity index (χ2v) is 5.64. The largest absolute Gasteiger partial charge is 0.478 e. The highest BCUT2D eigenvalue weighted by atomic mass is 16.4. The van der Waals surface area contributed by atoms with Gasteiger partial charge in [-0.25, -0.2) is 4.79 Å². The van der Waals surface area contributed by atoms with Crippen molar-refractivity contribution >= 4 is 17.9 Å². The Morgan fingerprint density at radius 2 is 1.60 bits per heavy atom. The minimum absolute atomic E-state index is 0.168. The van der Waals surface area contributed by atoms with Crippen LogP contribution < -0.4 is 5.32 Å². The molecular weight excluding hydrogens is 312 g/mol. The summed E-state index contributed by atoms with van der Waals surface area (Å²) < 4.78 is 0. The Morgan fingerprint density at radius 3 is 2.24 bits per heavy atom. The molecule has 0 fully saturated rings. The van der Waals surface area contributed by atoms with Gasteiger partial charge in [-0.3, -0.25) is 0 Å². The van der Waals surface area contributed by atoms with Crippen molar-refractivity contribution in [3.63, 3.8) is 0 Å². The molecule has 0 aliphatic rings. The molecular formula is C21H18N2O2. The van der Waals surface area contributed by atoms with Crippen LogP contribution in [0.25, 0.3) is 11.1 Å². The van der Waals surface area contributed by atoms with E-state index in [1.54, 1.807) is 12.1 Å². The number of hydrogen-bond donors (Lipinski definition) is 3. The molecule has 4 nitrogen and oxygen atoms in total. The van der Waals surface area contributed by atoms with E-state index in [0.29, 0.717) is 17.8 Å². The van der Waals surface area contributed by atoms with Crippen molar-refractivity contribution in [3.05, 3.63) is 89.5 Å². The van der Waals surface area contributed by atoms with Gasteiger partial charge in [-0.2, -0.15) is 0 Å². The lowest BCUT2D eigenvalue weighted by molar-refractivity contribution is 0.0698. The van der Waals surface area contributed by atoms with Crippen molar-refractivity contribution in [3.8, 4) is 11.1 Å². The molecule has 3 N–H and O–H groups in total. The van der Waals surface area contributed by atoms with Gasteiger partial charge < -0.3 is 15.8 Å². The van der Waals surface area contributed by atoms with E-state index in [2.05, 4.69) is 17.4 Å². The normalized spacial score (nSPS) is 10.2. The molecule has 0 aliphatic carbocycles. The Kier molecular flexibility index (Phi) is 4.90. The first kappa shape index (κ1) is 16.5. The Morgan fingerprint density at radius 1 is 0.920 bits per heavy atom. The summed E-state index contributed by atoms with van der Waals surface area (Å²) in [5, 5.41) is 20.0. The van der Waals surface area contributed by atoms with Gasteiger partial charge in [-0.1, -0.05) is 66.7 Å². The summed E-state index contributed by atoms with van der Waals surface area (Å²) in [5.74, 6) is -1.01. The van der Waals surface area contributed by atoms with E-state index < -0.39 is 5.97 Å². The molecule has 0 heterocycles. The third-order valence-corrected chi connectivity index (χ3v) is 4.01. The van der Waals surface area contributed by atoms with Gasteiger partial charge in [0.05, 0.1) is 11.3 Å². The number of benzene rings is 3. The predicted octanol–water partition coefficient (Wildman–Crippen LogP) is 4.66. The SMILES string of the molecule is N=Cc1cccc(C(=O)O)c1NCc1ccc(-c2ccccc2)cc1. The van der Waals surface area contributed by atoms with Gasteiger partial charge in [0.25, 0.3) is 0 Å². The van der Waals surface area contributed by atoms with Crippen molar-refractivity contribution in [1.82, 2.24) is 0 Å². The average molecular weight is 330 g/mol. The summed E-state index contributed by atoms with van der Waals surface area (Å²) in [6.07, 6.45) is 1.16. The van der Waals surface area contributed by atoms with Gasteiger partial charge in [0.2, 0.25) is 0 Å². The summed E-state index contributed by atoms with van der Waals surface area (Å²) in [4.78, 5) is 11.4. The van der Waals surface area contributed by atoms with Crippen LogP contribution in [0.3, 0.4) is 0 Å². The molecule has 0 aromatic heterocycles. The maximum absolute atomic E-state index is 11.4. The monoisotopic (exact) mass is 330 g/mol. The zero-order valence-corrected chi connectivity index (χ0v) is 13.6. The van der Waals surface area contributed by atoms with Gasteiger partial charge in [0.15, 0.2) is 0 Å². The number of carboxylic acid groups (broad SMARTS) is 1. The minimum Gasteiger partial charge on any atom is -0.478 e. The molecule has 0 amide bonds. The summed E-state index contributed by atoms with van der Waals surface area (Å²) in [6, 6.07) is 23.2. The molecule has 124 valence electrons. The predicted molar refractivity (Wildman–Crippen MR) is 100 cm³/mol. The summed E-state index contributed by atoms with van der Waals surface area (Å²) in [5.41, 5.74) is 4.52. The Balaban J connectivity index is 1.78. The number of carbonyl (C=O) groups is 1. The fourth-order valence-corrected chi connectivity index (χ4v) is 2.70. The summed E-state index contributed by atoms with van der Waals surface area (Å²) in [7, 11) is 0. The summed E-state index contributed by atoms with van der Waals surface area (Å²) in [6.45, 7) is 0.486. The number of para-hydroxylation sites is 1. The molecule has 0 bridgehead atoms. The number of hydrogen-bond acceptors (Lipinski definition) is 3. The van der Waals surface area contributed by atoms with Crippen LogP contribution in [0.1, 0.15) is 21.5 Å². The fraction of sp³-hybridized carbons (Fsp3) is 0.0476. The highest BCUT2D eigenvalue weighted by molar-refractivity contribution is 6.00. The van der Waals surface area contributed by atoms with Gasteiger partial charge >= 0.3 is 5.97 Å². The molecule has 25 heavy (non-hydrogen) atoms. The van der Waals surface area contributed by atoms with Crippen LogP contribution in [-0.4, -0.2) is 17.3 Å². The number of carboxylic acids is 1. The number of nitrogens with one attached hydrogen (secondary N) is 2. The standard InChI is InChI=1S/C21H18N2O2/c22-13-18-7-4-8-19(21(24)25)20(18)23-14-15-9-11-17(12-10-15)16-5-2-1-3-6-16/h1-13,22-23H,14H2,(H,24,25). The molecule has 3 rings (SSSR count). The first-order valence-electron chi connectivity index (χ1n) is 7.94. The fourth-order valence-electron chi connectivity index (χ4n) is 2.70. The van der Waals surface area contributed by atoms with E-state index in [9.17, 15) is 9.90 Å². The first-order valence-corrected chi connectivity index (χ1v) is 7.94. The van der Waals surface area contributed by atoms with Crippen LogP contribution in [-0.2, 0) is 6.54 Å².